The van der Waals surface area contributed by atoms with Crippen molar-refractivity contribution in [2.24, 2.45) is 5.92 Å². The Hall–Kier alpha value is -1.09. The number of aryl methyl sites for hydroxylation is 1. The minimum absolute atomic E-state index is 0.656. The largest absolute Gasteiger partial charge is 0.357 e. The lowest BCUT2D eigenvalue weighted by molar-refractivity contribution is 0.613. The first-order chi connectivity index (χ1) is 9.06. The third-order valence-corrected chi connectivity index (χ3v) is 3.05. The van der Waals surface area contributed by atoms with Crippen molar-refractivity contribution in [2.45, 2.75) is 47.6 Å². The van der Waals surface area contributed by atoms with Gasteiger partial charge in [-0.3, -0.25) is 0 Å². The molecule has 3 nitrogen and oxygen atoms in total. The predicted molar refractivity (Wildman–Crippen MR) is 83.7 cm³/mol. The normalized spacial score (nSPS) is 11.1. The van der Waals surface area contributed by atoms with E-state index in [9.17, 15) is 0 Å². The molecular formula is C16H29N3. The van der Waals surface area contributed by atoms with Crippen LogP contribution in [-0.4, -0.2) is 24.6 Å². The van der Waals surface area contributed by atoms with Gasteiger partial charge in [0.2, 0.25) is 0 Å². The number of aromatic nitrogens is 1. The minimum Gasteiger partial charge on any atom is -0.357 e. The maximum atomic E-state index is 4.68. The Balaban J connectivity index is 2.81. The number of nitrogens with zero attached hydrogens (tertiary/aromatic N) is 2. The zero-order chi connectivity index (χ0) is 14.3. The molecule has 19 heavy (non-hydrogen) atoms. The molecule has 0 aromatic carbocycles. The maximum absolute atomic E-state index is 4.68. The molecule has 0 unspecified atom stereocenters. The van der Waals surface area contributed by atoms with Gasteiger partial charge in [0.25, 0.3) is 0 Å². The minimum atomic E-state index is 0.656. The molecular weight excluding hydrogens is 234 g/mol. The Bertz CT molecular complexity index is 374. The summed E-state index contributed by atoms with van der Waals surface area (Å²) in [4.78, 5) is 7.05. The Morgan fingerprint density at radius 2 is 2.00 bits per heavy atom. The summed E-state index contributed by atoms with van der Waals surface area (Å²) in [6.45, 7) is 15.0. The standard InChI is InChI=1S/C16H29N3/c1-6-8-17-11-15-9-14(5)18-16(10-15)19(7-2)12-13(3)4/h9-10,13,17H,6-8,11-12H2,1-5H3. The van der Waals surface area contributed by atoms with E-state index in [0.717, 1.165) is 37.7 Å². The first-order valence-corrected chi connectivity index (χ1v) is 7.50. The van der Waals surface area contributed by atoms with Gasteiger partial charge in [0.15, 0.2) is 0 Å². The molecule has 1 rings (SSSR count). The Labute approximate surface area is 118 Å². The quantitative estimate of drug-likeness (QED) is 0.729. The molecule has 0 atom stereocenters. The Kier molecular flexibility index (Phi) is 6.85. The van der Waals surface area contributed by atoms with Gasteiger partial charge < -0.3 is 10.2 Å². The average molecular weight is 263 g/mol. The van der Waals surface area contributed by atoms with E-state index >= 15 is 0 Å². The first kappa shape index (κ1) is 16.0. The first-order valence-electron chi connectivity index (χ1n) is 7.50. The van der Waals surface area contributed by atoms with Crippen molar-refractivity contribution >= 4 is 5.82 Å². The second kappa shape index (κ2) is 8.16. The monoisotopic (exact) mass is 263 g/mol. The molecule has 0 fully saturated rings. The van der Waals surface area contributed by atoms with E-state index in [1.54, 1.807) is 0 Å². The smallest absolute Gasteiger partial charge is 0.129 e. The molecule has 0 bridgehead atoms. The van der Waals surface area contributed by atoms with Gasteiger partial charge in [-0.1, -0.05) is 20.8 Å². The van der Waals surface area contributed by atoms with E-state index < -0.39 is 0 Å². The van der Waals surface area contributed by atoms with Crippen molar-refractivity contribution in [2.75, 3.05) is 24.5 Å². The van der Waals surface area contributed by atoms with Crippen LogP contribution in [0.25, 0.3) is 0 Å². The van der Waals surface area contributed by atoms with Crippen molar-refractivity contribution in [1.29, 1.82) is 0 Å². The highest BCUT2D eigenvalue weighted by molar-refractivity contribution is 5.42. The highest BCUT2D eigenvalue weighted by atomic mass is 15.2. The number of pyridine rings is 1. The van der Waals surface area contributed by atoms with Crippen LogP contribution >= 0.6 is 0 Å². The number of rotatable bonds is 8. The summed E-state index contributed by atoms with van der Waals surface area (Å²) in [7, 11) is 0. The second-order valence-electron chi connectivity index (χ2n) is 5.58. The van der Waals surface area contributed by atoms with E-state index in [-0.39, 0.29) is 0 Å². The molecule has 3 heteroatoms. The van der Waals surface area contributed by atoms with Crippen LogP contribution in [0.15, 0.2) is 12.1 Å². The van der Waals surface area contributed by atoms with Crippen molar-refractivity contribution in [3.8, 4) is 0 Å². The molecule has 0 saturated carbocycles. The SMILES string of the molecule is CCCNCc1cc(C)nc(N(CC)CC(C)C)c1. The van der Waals surface area contributed by atoms with E-state index in [1.807, 2.05) is 0 Å². The van der Waals surface area contributed by atoms with Crippen LogP contribution in [0.3, 0.4) is 0 Å². The third kappa shape index (κ3) is 5.60. The fourth-order valence-corrected chi connectivity index (χ4v) is 2.22. The molecule has 1 aromatic rings. The highest BCUT2D eigenvalue weighted by Gasteiger charge is 2.09. The van der Waals surface area contributed by atoms with Gasteiger partial charge in [-0.25, -0.2) is 4.98 Å². The van der Waals surface area contributed by atoms with Crippen LogP contribution in [-0.2, 0) is 6.54 Å². The van der Waals surface area contributed by atoms with Gasteiger partial charge in [-0.05, 0) is 50.4 Å². The Morgan fingerprint density at radius 3 is 2.58 bits per heavy atom. The van der Waals surface area contributed by atoms with Gasteiger partial charge in [-0.15, -0.1) is 0 Å². The molecule has 1 N–H and O–H groups in total. The van der Waals surface area contributed by atoms with Crippen LogP contribution < -0.4 is 10.2 Å². The van der Waals surface area contributed by atoms with Crippen molar-refractivity contribution in [1.82, 2.24) is 10.3 Å². The van der Waals surface area contributed by atoms with Crippen LogP contribution in [0.4, 0.5) is 5.82 Å². The average Bonchev–Trinajstić information content (AvgIpc) is 2.35. The topological polar surface area (TPSA) is 28.2 Å². The van der Waals surface area contributed by atoms with Gasteiger partial charge in [0.1, 0.15) is 5.82 Å². The molecule has 0 saturated heterocycles. The third-order valence-electron chi connectivity index (χ3n) is 3.05. The summed E-state index contributed by atoms with van der Waals surface area (Å²) in [5.74, 6) is 1.77. The van der Waals surface area contributed by atoms with Gasteiger partial charge >= 0.3 is 0 Å². The maximum Gasteiger partial charge on any atom is 0.129 e. The molecule has 0 aliphatic heterocycles. The van der Waals surface area contributed by atoms with E-state index in [1.165, 1.54) is 12.0 Å². The van der Waals surface area contributed by atoms with Crippen molar-refractivity contribution < 1.29 is 0 Å². The molecule has 0 amide bonds. The molecule has 1 aromatic heterocycles. The number of anilines is 1. The lowest BCUT2D eigenvalue weighted by Crippen LogP contribution is -2.28. The van der Waals surface area contributed by atoms with E-state index in [0.29, 0.717) is 5.92 Å². The summed E-state index contributed by atoms with van der Waals surface area (Å²) in [5, 5.41) is 3.46. The highest BCUT2D eigenvalue weighted by Crippen LogP contribution is 2.16. The van der Waals surface area contributed by atoms with Crippen molar-refractivity contribution in [3.63, 3.8) is 0 Å². The van der Waals surface area contributed by atoms with Crippen molar-refractivity contribution in [3.05, 3.63) is 23.4 Å². The molecule has 0 aliphatic carbocycles. The van der Waals surface area contributed by atoms with Gasteiger partial charge in [0.05, 0.1) is 0 Å². The summed E-state index contributed by atoms with van der Waals surface area (Å²) < 4.78 is 0. The zero-order valence-corrected chi connectivity index (χ0v) is 13.2. The lowest BCUT2D eigenvalue weighted by Gasteiger charge is -2.25. The van der Waals surface area contributed by atoms with E-state index in [2.05, 4.69) is 62.0 Å². The fourth-order valence-electron chi connectivity index (χ4n) is 2.22. The summed E-state index contributed by atoms with van der Waals surface area (Å²) in [5.41, 5.74) is 2.44. The predicted octanol–water partition coefficient (Wildman–Crippen LogP) is 3.37. The number of hydrogen-bond donors (Lipinski definition) is 1. The zero-order valence-electron chi connectivity index (χ0n) is 13.2. The summed E-state index contributed by atoms with van der Waals surface area (Å²) in [6.07, 6.45) is 1.17. The second-order valence-corrected chi connectivity index (χ2v) is 5.58. The number of nitrogens with one attached hydrogen (secondary N) is 1. The molecule has 0 aliphatic rings. The van der Waals surface area contributed by atoms with Crippen LogP contribution in [0.2, 0.25) is 0 Å². The number of hydrogen-bond acceptors (Lipinski definition) is 3. The molecule has 108 valence electrons. The van der Waals surface area contributed by atoms with Gasteiger partial charge in [0, 0.05) is 25.3 Å². The van der Waals surface area contributed by atoms with Crippen LogP contribution in [0.1, 0.15) is 45.4 Å². The molecule has 0 radical (unpaired) electrons. The van der Waals surface area contributed by atoms with Crippen LogP contribution in [0, 0.1) is 12.8 Å². The van der Waals surface area contributed by atoms with E-state index in [4.69, 9.17) is 0 Å². The molecule has 0 spiro atoms. The summed E-state index contributed by atoms with van der Waals surface area (Å²) >= 11 is 0. The summed E-state index contributed by atoms with van der Waals surface area (Å²) in [6, 6.07) is 4.40. The Morgan fingerprint density at radius 1 is 1.26 bits per heavy atom. The molecule has 1 heterocycles. The van der Waals surface area contributed by atoms with Gasteiger partial charge in [-0.2, -0.15) is 0 Å². The van der Waals surface area contributed by atoms with Crippen LogP contribution in [0.5, 0.6) is 0 Å². The lowest BCUT2D eigenvalue weighted by atomic mass is 10.2. The fraction of sp³-hybridized carbons (Fsp3) is 0.688.